The number of thiocarbonyl (C=S) groups is 1. The Balaban J connectivity index is 1.99. The Hall–Kier alpha value is -1.05. The van der Waals surface area contributed by atoms with Crippen molar-refractivity contribution in [2.45, 2.75) is 58.7 Å². The summed E-state index contributed by atoms with van der Waals surface area (Å²) in [7, 11) is 0. The van der Waals surface area contributed by atoms with Gasteiger partial charge >= 0.3 is 0 Å². The van der Waals surface area contributed by atoms with Crippen LogP contribution >= 0.6 is 12.2 Å². The number of rotatable bonds is 7. The standard InChI is InChI=1S/C16H26N2O4S/c1-11(2)6-7-16(13(19)17-15(23)18-14(16)20)8-10-22-12-5-3-4-9-21-12/h11-12H,3-10H2,1-2H3,(H2,17,18,19,20,23). The van der Waals surface area contributed by atoms with Crippen LogP contribution in [0.3, 0.4) is 0 Å². The highest BCUT2D eigenvalue weighted by Gasteiger charge is 2.48. The third-order valence-corrected chi connectivity index (χ3v) is 4.65. The van der Waals surface area contributed by atoms with Crippen molar-refractivity contribution in [3.05, 3.63) is 0 Å². The summed E-state index contributed by atoms with van der Waals surface area (Å²) in [5.74, 6) is -0.232. The quantitative estimate of drug-likeness (QED) is 0.546. The smallest absolute Gasteiger partial charge is 0.241 e. The number of carbonyl (C=O) groups is 2. The largest absolute Gasteiger partial charge is 0.353 e. The van der Waals surface area contributed by atoms with Gasteiger partial charge in [0.1, 0.15) is 5.41 Å². The average molecular weight is 342 g/mol. The van der Waals surface area contributed by atoms with Crippen LogP contribution in [0.5, 0.6) is 0 Å². The second-order valence-corrected chi connectivity index (χ2v) is 7.08. The minimum absolute atomic E-state index is 0.0803. The Labute approximate surface area is 142 Å². The lowest BCUT2D eigenvalue weighted by molar-refractivity contribution is -0.170. The van der Waals surface area contributed by atoms with Gasteiger partial charge in [0.2, 0.25) is 11.8 Å². The van der Waals surface area contributed by atoms with Crippen molar-refractivity contribution in [3.63, 3.8) is 0 Å². The number of hydrogen-bond donors (Lipinski definition) is 2. The molecular formula is C16H26N2O4S. The van der Waals surface area contributed by atoms with Gasteiger partial charge in [0.05, 0.1) is 6.61 Å². The lowest BCUT2D eigenvalue weighted by Crippen LogP contribution is -2.62. The fourth-order valence-corrected chi connectivity index (χ4v) is 3.09. The van der Waals surface area contributed by atoms with Gasteiger partial charge in [-0.2, -0.15) is 0 Å². The maximum absolute atomic E-state index is 12.5. The van der Waals surface area contributed by atoms with Crippen molar-refractivity contribution < 1.29 is 19.1 Å². The monoisotopic (exact) mass is 342 g/mol. The molecule has 1 unspecified atom stereocenters. The van der Waals surface area contributed by atoms with E-state index in [1.54, 1.807) is 0 Å². The molecule has 0 radical (unpaired) electrons. The zero-order valence-electron chi connectivity index (χ0n) is 13.9. The van der Waals surface area contributed by atoms with Gasteiger partial charge in [0.25, 0.3) is 0 Å². The van der Waals surface area contributed by atoms with E-state index in [4.69, 9.17) is 21.7 Å². The minimum Gasteiger partial charge on any atom is -0.353 e. The molecule has 0 aliphatic carbocycles. The highest BCUT2D eigenvalue weighted by Crippen LogP contribution is 2.33. The molecule has 2 aliphatic rings. The normalized spacial score (nSPS) is 24.5. The van der Waals surface area contributed by atoms with Crippen molar-refractivity contribution >= 4 is 29.1 Å². The molecule has 2 rings (SSSR count). The Morgan fingerprint density at radius 3 is 2.52 bits per heavy atom. The first-order valence-corrected chi connectivity index (χ1v) is 8.75. The summed E-state index contributed by atoms with van der Waals surface area (Å²) in [6, 6.07) is 0. The van der Waals surface area contributed by atoms with Crippen molar-refractivity contribution in [2.24, 2.45) is 11.3 Å². The summed E-state index contributed by atoms with van der Waals surface area (Å²) in [6.07, 6.45) is 4.38. The first kappa shape index (κ1) is 18.3. The van der Waals surface area contributed by atoms with Gasteiger partial charge in [0, 0.05) is 6.61 Å². The fourth-order valence-electron chi connectivity index (χ4n) is 2.90. The first-order chi connectivity index (χ1) is 10.9. The van der Waals surface area contributed by atoms with E-state index in [9.17, 15) is 9.59 Å². The second-order valence-electron chi connectivity index (χ2n) is 6.67. The summed E-state index contributed by atoms with van der Waals surface area (Å²) < 4.78 is 11.3. The van der Waals surface area contributed by atoms with Gasteiger partial charge in [0.15, 0.2) is 11.4 Å². The van der Waals surface area contributed by atoms with Crippen LogP contribution in [0, 0.1) is 11.3 Å². The van der Waals surface area contributed by atoms with Gasteiger partial charge in [-0.3, -0.25) is 9.59 Å². The molecule has 2 heterocycles. The summed E-state index contributed by atoms with van der Waals surface area (Å²) in [6.45, 7) is 5.17. The number of hydrogen-bond acceptors (Lipinski definition) is 5. The van der Waals surface area contributed by atoms with Crippen LogP contribution in [0.15, 0.2) is 0 Å². The van der Waals surface area contributed by atoms with Crippen LogP contribution in [0.4, 0.5) is 0 Å². The van der Waals surface area contributed by atoms with E-state index in [0.717, 1.165) is 25.7 Å². The van der Waals surface area contributed by atoms with E-state index >= 15 is 0 Å². The third-order valence-electron chi connectivity index (χ3n) is 4.44. The molecule has 2 aliphatic heterocycles. The topological polar surface area (TPSA) is 76.7 Å². The summed E-state index contributed by atoms with van der Waals surface area (Å²) in [5.41, 5.74) is -1.11. The van der Waals surface area contributed by atoms with Crippen molar-refractivity contribution in [2.75, 3.05) is 13.2 Å². The van der Waals surface area contributed by atoms with Crippen molar-refractivity contribution in [1.82, 2.24) is 10.6 Å². The lowest BCUT2D eigenvalue weighted by atomic mass is 9.76. The molecule has 0 aromatic rings. The van der Waals surface area contributed by atoms with Crippen LogP contribution < -0.4 is 10.6 Å². The molecule has 2 fully saturated rings. The Kier molecular flexibility index (Phi) is 6.50. The molecule has 7 heteroatoms. The number of amides is 2. The highest BCUT2D eigenvalue weighted by atomic mass is 32.1. The zero-order chi connectivity index (χ0) is 16.9. The van der Waals surface area contributed by atoms with Crippen LogP contribution in [0.2, 0.25) is 0 Å². The maximum Gasteiger partial charge on any atom is 0.241 e. The molecule has 0 aromatic carbocycles. The van der Waals surface area contributed by atoms with E-state index in [1.165, 1.54) is 0 Å². The highest BCUT2D eigenvalue weighted by molar-refractivity contribution is 7.80. The van der Waals surface area contributed by atoms with Crippen LogP contribution in [-0.2, 0) is 19.1 Å². The van der Waals surface area contributed by atoms with Gasteiger partial charge in [-0.1, -0.05) is 13.8 Å². The van der Waals surface area contributed by atoms with Crippen molar-refractivity contribution in [1.29, 1.82) is 0 Å². The van der Waals surface area contributed by atoms with Gasteiger partial charge in [-0.05, 0) is 56.7 Å². The van der Waals surface area contributed by atoms with E-state index < -0.39 is 5.41 Å². The van der Waals surface area contributed by atoms with Crippen LogP contribution in [0.1, 0.15) is 52.4 Å². The van der Waals surface area contributed by atoms with Gasteiger partial charge in [-0.15, -0.1) is 0 Å². The van der Waals surface area contributed by atoms with Gasteiger partial charge in [-0.25, -0.2) is 0 Å². The second kappa shape index (κ2) is 8.17. The summed E-state index contributed by atoms with van der Waals surface area (Å²) in [5, 5.41) is 5.25. The van der Waals surface area contributed by atoms with Crippen LogP contribution in [-0.4, -0.2) is 36.4 Å². The zero-order valence-corrected chi connectivity index (χ0v) is 14.7. The Morgan fingerprint density at radius 1 is 1.26 bits per heavy atom. The molecule has 0 spiro atoms. The SMILES string of the molecule is CC(C)CCC1(CCOC2CCCCO2)C(=O)NC(=S)NC1=O. The lowest BCUT2D eigenvalue weighted by Gasteiger charge is -2.36. The summed E-state index contributed by atoms with van der Waals surface area (Å²) >= 11 is 4.90. The molecule has 6 nitrogen and oxygen atoms in total. The van der Waals surface area contributed by atoms with Crippen molar-refractivity contribution in [3.8, 4) is 0 Å². The molecule has 2 saturated heterocycles. The third kappa shape index (κ3) is 4.71. The summed E-state index contributed by atoms with van der Waals surface area (Å²) in [4.78, 5) is 25.0. The van der Waals surface area contributed by atoms with E-state index in [0.29, 0.717) is 32.0 Å². The predicted octanol–water partition coefficient (Wildman–Crippen LogP) is 1.87. The predicted molar refractivity (Wildman–Crippen MR) is 89.5 cm³/mol. The Morgan fingerprint density at radius 2 is 1.96 bits per heavy atom. The molecule has 23 heavy (non-hydrogen) atoms. The molecule has 0 bridgehead atoms. The number of nitrogens with one attached hydrogen (secondary N) is 2. The van der Waals surface area contributed by atoms with Crippen LogP contribution in [0.25, 0.3) is 0 Å². The number of carbonyl (C=O) groups excluding carboxylic acids is 2. The molecule has 0 saturated carbocycles. The molecular weight excluding hydrogens is 316 g/mol. The average Bonchev–Trinajstić information content (AvgIpc) is 2.50. The molecule has 130 valence electrons. The Bertz CT molecular complexity index is 441. The fraction of sp³-hybridized carbons (Fsp3) is 0.812. The van der Waals surface area contributed by atoms with E-state index in [1.807, 2.05) is 0 Å². The van der Waals surface area contributed by atoms with Gasteiger partial charge < -0.3 is 20.1 Å². The maximum atomic E-state index is 12.5. The van der Waals surface area contributed by atoms with E-state index in [-0.39, 0.29) is 23.2 Å². The molecule has 2 amide bonds. The van der Waals surface area contributed by atoms with E-state index in [2.05, 4.69) is 24.5 Å². The number of ether oxygens (including phenoxy) is 2. The minimum atomic E-state index is -1.11. The first-order valence-electron chi connectivity index (χ1n) is 8.34. The molecule has 2 N–H and O–H groups in total. The molecule has 0 aromatic heterocycles. The molecule has 1 atom stereocenters.